The topological polar surface area (TPSA) is 92.6 Å². The van der Waals surface area contributed by atoms with Crippen LogP contribution in [0.2, 0.25) is 0 Å². The molecule has 1 atom stereocenters. The van der Waals surface area contributed by atoms with Crippen molar-refractivity contribution in [3.05, 3.63) is 39.9 Å². The molecule has 1 aromatic carbocycles. The number of aliphatic hydroxyl groups is 1. The van der Waals surface area contributed by atoms with E-state index in [1.165, 1.54) is 12.1 Å². The molecule has 3 N–H and O–H groups in total. The average molecular weight is 239 g/mol. The van der Waals surface area contributed by atoms with E-state index in [1.54, 1.807) is 12.1 Å². The van der Waals surface area contributed by atoms with Crippen molar-refractivity contribution in [1.29, 1.82) is 0 Å². The monoisotopic (exact) mass is 239 g/mol. The second kappa shape index (κ2) is 6.29. The number of rotatable bonds is 6. The van der Waals surface area contributed by atoms with Crippen LogP contribution in [0.5, 0.6) is 0 Å². The SMILES string of the molecule is CN(CCO)C(CN)c1cccc([N+](=O)[O-])c1. The standard InChI is InChI=1S/C11H17N3O3/c1-13(5-6-15)11(8-12)9-3-2-4-10(7-9)14(16)17/h2-4,7,11,15H,5-6,8,12H2,1H3. The smallest absolute Gasteiger partial charge is 0.269 e. The van der Waals surface area contributed by atoms with Gasteiger partial charge in [0.1, 0.15) is 0 Å². The van der Waals surface area contributed by atoms with Crippen LogP contribution in [0.1, 0.15) is 11.6 Å². The first-order valence-corrected chi connectivity index (χ1v) is 5.35. The quantitative estimate of drug-likeness (QED) is 0.557. The lowest BCUT2D eigenvalue weighted by Gasteiger charge is -2.26. The highest BCUT2D eigenvalue weighted by Gasteiger charge is 2.17. The minimum absolute atomic E-state index is 0.0297. The second-order valence-corrected chi connectivity index (χ2v) is 3.81. The van der Waals surface area contributed by atoms with Gasteiger partial charge in [0, 0.05) is 31.3 Å². The summed E-state index contributed by atoms with van der Waals surface area (Å²) < 4.78 is 0. The first-order valence-electron chi connectivity index (χ1n) is 5.35. The van der Waals surface area contributed by atoms with Gasteiger partial charge in [0.05, 0.1) is 11.5 Å². The van der Waals surface area contributed by atoms with Gasteiger partial charge in [0.25, 0.3) is 5.69 Å². The molecule has 0 aliphatic carbocycles. The van der Waals surface area contributed by atoms with E-state index in [-0.39, 0.29) is 18.3 Å². The summed E-state index contributed by atoms with van der Waals surface area (Å²) in [4.78, 5) is 12.1. The third-order valence-corrected chi connectivity index (χ3v) is 2.67. The molecule has 0 saturated carbocycles. The minimum Gasteiger partial charge on any atom is -0.395 e. The molecule has 0 radical (unpaired) electrons. The van der Waals surface area contributed by atoms with Crippen molar-refractivity contribution < 1.29 is 10.0 Å². The summed E-state index contributed by atoms with van der Waals surface area (Å²) in [5, 5.41) is 19.6. The van der Waals surface area contributed by atoms with Crippen molar-refractivity contribution in [2.24, 2.45) is 5.73 Å². The largest absolute Gasteiger partial charge is 0.395 e. The maximum absolute atomic E-state index is 10.7. The van der Waals surface area contributed by atoms with Crippen LogP contribution in [0.4, 0.5) is 5.69 Å². The van der Waals surface area contributed by atoms with Crippen molar-refractivity contribution >= 4 is 5.69 Å². The van der Waals surface area contributed by atoms with E-state index in [4.69, 9.17) is 10.8 Å². The van der Waals surface area contributed by atoms with Crippen LogP contribution in [-0.4, -0.2) is 41.7 Å². The number of hydrogen-bond acceptors (Lipinski definition) is 5. The molecule has 17 heavy (non-hydrogen) atoms. The van der Waals surface area contributed by atoms with E-state index in [0.717, 1.165) is 5.56 Å². The van der Waals surface area contributed by atoms with E-state index < -0.39 is 4.92 Å². The maximum Gasteiger partial charge on any atom is 0.269 e. The molecular weight excluding hydrogens is 222 g/mol. The first kappa shape index (κ1) is 13.6. The van der Waals surface area contributed by atoms with Gasteiger partial charge < -0.3 is 10.8 Å². The Morgan fingerprint density at radius 1 is 1.59 bits per heavy atom. The summed E-state index contributed by atoms with van der Waals surface area (Å²) in [6, 6.07) is 6.29. The van der Waals surface area contributed by atoms with Gasteiger partial charge in [0.2, 0.25) is 0 Å². The van der Waals surface area contributed by atoms with Gasteiger partial charge in [-0.1, -0.05) is 12.1 Å². The highest BCUT2D eigenvalue weighted by molar-refractivity contribution is 5.36. The Balaban J connectivity index is 2.95. The molecule has 1 rings (SSSR count). The van der Waals surface area contributed by atoms with Crippen molar-refractivity contribution in [3.8, 4) is 0 Å². The molecule has 0 aliphatic heterocycles. The minimum atomic E-state index is -0.427. The highest BCUT2D eigenvalue weighted by atomic mass is 16.6. The lowest BCUT2D eigenvalue weighted by atomic mass is 10.1. The van der Waals surface area contributed by atoms with Crippen molar-refractivity contribution in [1.82, 2.24) is 4.90 Å². The van der Waals surface area contributed by atoms with Gasteiger partial charge in [0.15, 0.2) is 0 Å². The number of nitrogens with zero attached hydrogens (tertiary/aromatic N) is 2. The molecule has 0 aliphatic rings. The first-order chi connectivity index (χ1) is 8.10. The molecule has 1 aromatic rings. The number of nitrogens with two attached hydrogens (primary N) is 1. The van der Waals surface area contributed by atoms with Gasteiger partial charge in [-0.05, 0) is 12.6 Å². The lowest BCUT2D eigenvalue weighted by Crippen LogP contribution is -2.32. The summed E-state index contributed by atoms with van der Waals surface area (Å²) in [6.07, 6.45) is 0. The highest BCUT2D eigenvalue weighted by Crippen LogP contribution is 2.22. The Bertz CT molecular complexity index is 384. The molecule has 0 fully saturated rings. The fraction of sp³-hybridized carbons (Fsp3) is 0.455. The van der Waals surface area contributed by atoms with Crippen LogP contribution in [0.3, 0.4) is 0 Å². The third-order valence-electron chi connectivity index (χ3n) is 2.67. The second-order valence-electron chi connectivity index (χ2n) is 3.81. The van der Waals surface area contributed by atoms with Crippen LogP contribution >= 0.6 is 0 Å². The summed E-state index contributed by atoms with van der Waals surface area (Å²) in [6.45, 7) is 0.851. The van der Waals surface area contributed by atoms with Gasteiger partial charge in [-0.25, -0.2) is 0 Å². The summed E-state index contributed by atoms with van der Waals surface area (Å²) in [7, 11) is 1.83. The molecule has 0 aromatic heterocycles. The molecule has 0 spiro atoms. The number of nitro benzene ring substituents is 1. The van der Waals surface area contributed by atoms with Crippen LogP contribution in [-0.2, 0) is 0 Å². The van der Waals surface area contributed by atoms with E-state index in [1.807, 2.05) is 11.9 Å². The predicted molar refractivity (Wildman–Crippen MR) is 64.6 cm³/mol. The Morgan fingerprint density at radius 3 is 2.82 bits per heavy atom. The number of benzene rings is 1. The van der Waals surface area contributed by atoms with E-state index in [0.29, 0.717) is 13.1 Å². The van der Waals surface area contributed by atoms with Gasteiger partial charge >= 0.3 is 0 Å². The Hall–Kier alpha value is -1.50. The fourth-order valence-electron chi connectivity index (χ4n) is 1.73. The lowest BCUT2D eigenvalue weighted by molar-refractivity contribution is -0.384. The van der Waals surface area contributed by atoms with E-state index in [9.17, 15) is 10.1 Å². The van der Waals surface area contributed by atoms with Gasteiger partial charge in [-0.15, -0.1) is 0 Å². The van der Waals surface area contributed by atoms with Crippen molar-refractivity contribution in [2.45, 2.75) is 6.04 Å². The molecule has 6 heteroatoms. The Labute approximate surface area is 99.8 Å². The molecule has 0 saturated heterocycles. The molecule has 0 amide bonds. The Morgan fingerprint density at radius 2 is 2.29 bits per heavy atom. The maximum atomic E-state index is 10.7. The average Bonchev–Trinajstić information content (AvgIpc) is 2.30. The zero-order chi connectivity index (χ0) is 12.8. The van der Waals surface area contributed by atoms with Crippen LogP contribution in [0.15, 0.2) is 24.3 Å². The predicted octanol–water partition coefficient (Wildman–Crippen LogP) is 0.519. The normalized spacial score (nSPS) is 12.7. The van der Waals surface area contributed by atoms with E-state index >= 15 is 0 Å². The molecule has 1 unspecified atom stereocenters. The van der Waals surface area contributed by atoms with Crippen LogP contribution in [0, 0.1) is 10.1 Å². The summed E-state index contributed by atoms with van der Waals surface area (Å²) >= 11 is 0. The summed E-state index contributed by atoms with van der Waals surface area (Å²) in [5.74, 6) is 0. The van der Waals surface area contributed by atoms with Gasteiger partial charge in [-0.3, -0.25) is 15.0 Å². The Kier molecular flexibility index (Phi) is 5.02. The number of nitro groups is 1. The molecule has 94 valence electrons. The zero-order valence-electron chi connectivity index (χ0n) is 9.74. The molecule has 6 nitrogen and oxygen atoms in total. The van der Waals surface area contributed by atoms with E-state index in [2.05, 4.69) is 0 Å². The zero-order valence-corrected chi connectivity index (χ0v) is 9.74. The van der Waals surface area contributed by atoms with Gasteiger partial charge in [-0.2, -0.15) is 0 Å². The summed E-state index contributed by atoms with van der Waals surface area (Å²) in [5.41, 5.74) is 6.51. The third kappa shape index (κ3) is 3.48. The van der Waals surface area contributed by atoms with Crippen molar-refractivity contribution in [2.75, 3.05) is 26.7 Å². The number of aliphatic hydroxyl groups excluding tert-OH is 1. The molecule has 0 bridgehead atoms. The fourth-order valence-corrected chi connectivity index (χ4v) is 1.73. The number of non-ortho nitro benzene ring substituents is 1. The molecular formula is C11H17N3O3. The number of likely N-dealkylation sites (N-methyl/N-ethyl adjacent to an activating group) is 1. The van der Waals surface area contributed by atoms with Crippen molar-refractivity contribution in [3.63, 3.8) is 0 Å². The number of hydrogen-bond donors (Lipinski definition) is 2. The van der Waals surface area contributed by atoms with Crippen LogP contribution < -0.4 is 5.73 Å². The molecule has 0 heterocycles. The van der Waals surface area contributed by atoms with Crippen LogP contribution in [0.25, 0.3) is 0 Å².